The Morgan fingerprint density at radius 3 is 2.21 bits per heavy atom. The summed E-state index contributed by atoms with van der Waals surface area (Å²) in [6.07, 6.45) is -5.71. The second-order valence-corrected chi connectivity index (χ2v) is 6.33. The number of amides is 1. The summed E-state index contributed by atoms with van der Waals surface area (Å²) in [5.41, 5.74) is -2.97. The minimum Gasteiger partial charge on any atom is -0.481 e. The van der Waals surface area contributed by atoms with Crippen molar-refractivity contribution in [2.45, 2.75) is 23.3 Å². The van der Waals surface area contributed by atoms with Crippen molar-refractivity contribution in [1.29, 1.82) is 0 Å². The molecule has 1 aliphatic rings. The number of halogens is 5. The monoisotopic (exact) mass is 369 g/mol. The zero-order valence-electron chi connectivity index (χ0n) is 12.0. The lowest BCUT2D eigenvalue weighted by Crippen LogP contribution is -2.47. The summed E-state index contributed by atoms with van der Waals surface area (Å²) in [6.45, 7) is -1.32. The Kier molecular flexibility index (Phi) is 5.07. The summed E-state index contributed by atoms with van der Waals surface area (Å²) in [5, 5.41) is 8.96. The van der Waals surface area contributed by atoms with Gasteiger partial charge in [0.15, 0.2) is 5.41 Å². The molecule has 1 amide bonds. The van der Waals surface area contributed by atoms with E-state index in [0.29, 0.717) is 0 Å². The summed E-state index contributed by atoms with van der Waals surface area (Å²) in [5.74, 6) is -5.42. The molecule has 0 bridgehead atoms. The van der Waals surface area contributed by atoms with Crippen molar-refractivity contribution < 1.29 is 36.6 Å². The molecule has 1 aromatic carbocycles. The summed E-state index contributed by atoms with van der Waals surface area (Å²) >= 11 is 0.273. The van der Waals surface area contributed by atoms with E-state index in [1.807, 2.05) is 0 Å². The number of alkyl halides is 5. The van der Waals surface area contributed by atoms with E-state index in [1.54, 1.807) is 0 Å². The Labute approximate surface area is 137 Å². The Balaban J connectivity index is 2.15. The number of hydrogen-bond donors (Lipinski definition) is 1. The number of hydrogen-bond acceptors (Lipinski definition) is 3. The summed E-state index contributed by atoms with van der Waals surface area (Å²) in [6, 6.07) is 4.96. The Bertz CT molecular complexity index is 634. The molecule has 0 aromatic heterocycles. The summed E-state index contributed by atoms with van der Waals surface area (Å²) < 4.78 is 63.7. The fraction of sp³-hybridized carbons (Fsp3) is 0.429. The van der Waals surface area contributed by atoms with Crippen LogP contribution in [0.2, 0.25) is 0 Å². The molecule has 1 aromatic rings. The molecule has 0 aliphatic carbocycles. The molecular weight excluding hydrogens is 357 g/mol. The molecule has 1 N–H and O–H groups in total. The first-order valence-electron chi connectivity index (χ1n) is 6.71. The molecule has 0 saturated carbocycles. The Morgan fingerprint density at radius 2 is 1.79 bits per heavy atom. The molecule has 0 radical (unpaired) electrons. The molecular formula is C14H12F5NO3S. The van der Waals surface area contributed by atoms with Crippen LogP contribution in [0.15, 0.2) is 29.2 Å². The minimum absolute atomic E-state index is 0.0111. The van der Waals surface area contributed by atoms with E-state index in [0.717, 1.165) is 4.90 Å². The number of benzene rings is 1. The molecule has 24 heavy (non-hydrogen) atoms. The van der Waals surface area contributed by atoms with E-state index in [2.05, 4.69) is 0 Å². The van der Waals surface area contributed by atoms with Crippen molar-refractivity contribution in [3.05, 3.63) is 29.8 Å². The van der Waals surface area contributed by atoms with E-state index in [-0.39, 0.29) is 28.8 Å². The van der Waals surface area contributed by atoms with Crippen LogP contribution in [0.5, 0.6) is 0 Å². The van der Waals surface area contributed by atoms with Gasteiger partial charge in [0.25, 0.3) is 11.7 Å². The van der Waals surface area contributed by atoms with Gasteiger partial charge in [0, 0.05) is 23.5 Å². The van der Waals surface area contributed by atoms with Crippen LogP contribution in [0.1, 0.15) is 16.8 Å². The minimum atomic E-state index is -4.98. The molecule has 1 heterocycles. The normalized spacial score (nSPS) is 21.3. The van der Waals surface area contributed by atoms with Gasteiger partial charge in [-0.05, 0) is 30.7 Å². The van der Waals surface area contributed by atoms with Crippen LogP contribution in [0.25, 0.3) is 0 Å². The third kappa shape index (κ3) is 3.47. The first-order valence-corrected chi connectivity index (χ1v) is 7.59. The van der Waals surface area contributed by atoms with Crippen molar-refractivity contribution in [3.8, 4) is 0 Å². The van der Waals surface area contributed by atoms with Crippen LogP contribution in [0.4, 0.5) is 22.0 Å². The summed E-state index contributed by atoms with van der Waals surface area (Å²) in [4.78, 5) is 24.3. The molecule has 1 aliphatic heterocycles. The molecule has 10 heteroatoms. The predicted molar refractivity (Wildman–Crippen MR) is 74.9 cm³/mol. The molecule has 0 spiro atoms. The maximum Gasteiger partial charge on any atom is 0.406 e. The number of carboxylic acids is 1. The first kappa shape index (κ1) is 18.5. The van der Waals surface area contributed by atoms with Gasteiger partial charge in [-0.25, -0.2) is 0 Å². The molecule has 2 rings (SSSR count). The van der Waals surface area contributed by atoms with Gasteiger partial charge in [-0.1, -0.05) is 11.8 Å². The number of nitrogens with zero attached hydrogens (tertiary/aromatic N) is 1. The van der Waals surface area contributed by atoms with Crippen LogP contribution in [-0.2, 0) is 4.79 Å². The van der Waals surface area contributed by atoms with Gasteiger partial charge in [0.05, 0.1) is 0 Å². The third-order valence-corrected chi connectivity index (χ3v) is 4.56. The maximum atomic E-state index is 13.1. The highest BCUT2D eigenvalue weighted by molar-refractivity contribution is 7.99. The van der Waals surface area contributed by atoms with Crippen molar-refractivity contribution in [1.82, 2.24) is 4.90 Å². The SMILES string of the molecule is O=C(c1ccc(SC(F)F)cc1)N1CCC(C(=O)O)(C(F)(F)F)C1. The average Bonchev–Trinajstić information content (AvgIpc) is 2.93. The second-order valence-electron chi connectivity index (χ2n) is 5.26. The maximum absolute atomic E-state index is 13.1. The molecule has 132 valence electrons. The van der Waals surface area contributed by atoms with Crippen LogP contribution in [-0.4, -0.2) is 46.9 Å². The smallest absolute Gasteiger partial charge is 0.406 e. The van der Waals surface area contributed by atoms with Crippen LogP contribution in [0.3, 0.4) is 0 Å². The van der Waals surface area contributed by atoms with Crippen LogP contribution in [0, 0.1) is 5.41 Å². The van der Waals surface area contributed by atoms with E-state index in [4.69, 9.17) is 5.11 Å². The highest BCUT2D eigenvalue weighted by atomic mass is 32.2. The lowest BCUT2D eigenvalue weighted by molar-refractivity contribution is -0.227. The predicted octanol–water partition coefficient (Wildman–Crippen LogP) is 3.48. The van der Waals surface area contributed by atoms with Gasteiger partial charge >= 0.3 is 12.1 Å². The fourth-order valence-electron chi connectivity index (χ4n) is 2.47. The van der Waals surface area contributed by atoms with Crippen molar-refractivity contribution in [3.63, 3.8) is 0 Å². The summed E-state index contributed by atoms with van der Waals surface area (Å²) in [7, 11) is 0. The molecule has 1 fully saturated rings. The van der Waals surface area contributed by atoms with Gasteiger partial charge < -0.3 is 10.0 Å². The van der Waals surface area contributed by atoms with Gasteiger partial charge in [-0.2, -0.15) is 22.0 Å². The standard InChI is InChI=1S/C14H12F5NO3S/c15-12(16)24-9-3-1-8(2-4-9)10(21)20-6-5-13(7-20,11(22)23)14(17,18)19/h1-4,12H,5-7H2,(H,22,23). The number of aliphatic carboxylic acids is 1. The Hall–Kier alpha value is -1.84. The quantitative estimate of drug-likeness (QED) is 0.652. The van der Waals surface area contributed by atoms with Crippen molar-refractivity contribution in [2.24, 2.45) is 5.41 Å². The van der Waals surface area contributed by atoms with Crippen molar-refractivity contribution >= 4 is 23.6 Å². The number of thioether (sulfide) groups is 1. The van der Waals surface area contributed by atoms with Gasteiger partial charge in [-0.15, -0.1) is 0 Å². The third-order valence-electron chi connectivity index (χ3n) is 3.83. The molecule has 1 saturated heterocycles. The van der Waals surface area contributed by atoms with Gasteiger partial charge in [0.1, 0.15) is 0 Å². The highest BCUT2D eigenvalue weighted by Gasteiger charge is 2.64. The van der Waals surface area contributed by atoms with E-state index in [1.165, 1.54) is 24.3 Å². The van der Waals surface area contributed by atoms with E-state index in [9.17, 15) is 31.5 Å². The molecule has 4 nitrogen and oxygen atoms in total. The zero-order valence-corrected chi connectivity index (χ0v) is 12.8. The van der Waals surface area contributed by atoms with Crippen LogP contribution < -0.4 is 0 Å². The van der Waals surface area contributed by atoms with Gasteiger partial charge in [0.2, 0.25) is 0 Å². The second kappa shape index (κ2) is 6.58. The fourth-order valence-corrected chi connectivity index (χ4v) is 2.97. The number of carbonyl (C=O) groups is 2. The van der Waals surface area contributed by atoms with Crippen molar-refractivity contribution in [2.75, 3.05) is 13.1 Å². The number of carbonyl (C=O) groups excluding carboxylic acids is 1. The Morgan fingerprint density at radius 1 is 1.21 bits per heavy atom. The van der Waals surface area contributed by atoms with Gasteiger partial charge in [-0.3, -0.25) is 9.59 Å². The van der Waals surface area contributed by atoms with Crippen LogP contribution >= 0.6 is 11.8 Å². The first-order chi connectivity index (χ1) is 11.1. The number of carboxylic acid groups (broad SMARTS) is 1. The molecule has 1 unspecified atom stereocenters. The highest BCUT2D eigenvalue weighted by Crippen LogP contribution is 2.46. The van der Waals surface area contributed by atoms with E-state index >= 15 is 0 Å². The lowest BCUT2D eigenvalue weighted by Gasteiger charge is -2.27. The number of likely N-dealkylation sites (tertiary alicyclic amines) is 1. The average molecular weight is 369 g/mol. The van der Waals surface area contributed by atoms with E-state index < -0.39 is 42.2 Å². The lowest BCUT2D eigenvalue weighted by atomic mass is 9.86. The zero-order chi connectivity index (χ0) is 18.1. The molecule has 1 atom stereocenters. The topological polar surface area (TPSA) is 57.6 Å². The largest absolute Gasteiger partial charge is 0.481 e. The number of rotatable bonds is 4.